The Labute approximate surface area is 118 Å². The van der Waals surface area contributed by atoms with Gasteiger partial charge in [0.05, 0.1) is 11.0 Å². The number of hydrogen-bond acceptors (Lipinski definition) is 3. The summed E-state index contributed by atoms with van der Waals surface area (Å²) in [6, 6.07) is 5.89. The number of imidazole rings is 1. The number of fused-ring (bicyclic) bond motifs is 1. The minimum atomic E-state index is -0.171. The molecular formula is C15H22N4O. The lowest BCUT2D eigenvalue weighted by Gasteiger charge is -2.32. The van der Waals surface area contributed by atoms with Crippen LogP contribution in [0.4, 0.5) is 0 Å². The van der Waals surface area contributed by atoms with Crippen LogP contribution in [0.25, 0.3) is 11.0 Å². The van der Waals surface area contributed by atoms with Crippen molar-refractivity contribution in [2.45, 2.75) is 25.8 Å². The summed E-state index contributed by atoms with van der Waals surface area (Å²) in [6.07, 6.45) is 2.52. The Bertz CT molecular complexity index is 637. The number of nitrogens with zero attached hydrogens (tertiary/aromatic N) is 1. The molecule has 1 aliphatic rings. The molecule has 0 aliphatic carbocycles. The van der Waals surface area contributed by atoms with Crippen LogP contribution in [0.5, 0.6) is 0 Å². The minimum Gasteiger partial charge on any atom is -0.323 e. The van der Waals surface area contributed by atoms with E-state index >= 15 is 0 Å². The number of benzene rings is 1. The normalized spacial score (nSPS) is 19.5. The van der Waals surface area contributed by atoms with Gasteiger partial charge in [-0.1, -0.05) is 13.0 Å². The van der Waals surface area contributed by atoms with Gasteiger partial charge in [0.2, 0.25) is 0 Å². The smallest absolute Gasteiger partial charge is 0.323 e. The van der Waals surface area contributed by atoms with E-state index in [-0.39, 0.29) is 11.7 Å². The van der Waals surface area contributed by atoms with Crippen molar-refractivity contribution in [1.82, 2.24) is 14.9 Å². The van der Waals surface area contributed by atoms with Gasteiger partial charge in [-0.15, -0.1) is 0 Å². The van der Waals surface area contributed by atoms with Gasteiger partial charge in [0.15, 0.2) is 0 Å². The average Bonchev–Trinajstić information content (AvgIpc) is 2.80. The molecular weight excluding hydrogens is 252 g/mol. The summed E-state index contributed by atoms with van der Waals surface area (Å²) in [5.41, 5.74) is 8.88. The van der Waals surface area contributed by atoms with Crippen LogP contribution in [-0.4, -0.2) is 34.5 Å². The summed E-state index contributed by atoms with van der Waals surface area (Å²) < 4.78 is 0. The predicted molar refractivity (Wildman–Crippen MR) is 80.7 cm³/mol. The summed E-state index contributed by atoms with van der Waals surface area (Å²) in [4.78, 5) is 19.2. The van der Waals surface area contributed by atoms with Crippen molar-refractivity contribution in [3.05, 3.63) is 34.2 Å². The average molecular weight is 274 g/mol. The van der Waals surface area contributed by atoms with Gasteiger partial charge in [0, 0.05) is 12.6 Å². The van der Waals surface area contributed by atoms with E-state index < -0.39 is 0 Å². The van der Waals surface area contributed by atoms with Crippen molar-refractivity contribution in [2.24, 2.45) is 11.7 Å². The molecule has 0 radical (unpaired) electrons. The van der Waals surface area contributed by atoms with Crippen LogP contribution in [0.15, 0.2) is 23.0 Å². The first kappa shape index (κ1) is 13.4. The van der Waals surface area contributed by atoms with Gasteiger partial charge in [0.1, 0.15) is 0 Å². The van der Waals surface area contributed by atoms with Crippen molar-refractivity contribution >= 4 is 11.0 Å². The van der Waals surface area contributed by atoms with E-state index in [2.05, 4.69) is 21.8 Å². The molecule has 5 heteroatoms. The maximum absolute atomic E-state index is 11.3. The third-order valence-corrected chi connectivity index (χ3v) is 4.30. The van der Waals surface area contributed by atoms with Crippen LogP contribution in [0.2, 0.25) is 0 Å². The quantitative estimate of drug-likeness (QED) is 0.795. The molecule has 4 N–H and O–H groups in total. The summed E-state index contributed by atoms with van der Waals surface area (Å²) in [5, 5.41) is 0. The number of nitrogens with one attached hydrogen (secondary N) is 2. The van der Waals surface area contributed by atoms with Gasteiger partial charge >= 0.3 is 5.69 Å². The van der Waals surface area contributed by atoms with E-state index in [0.29, 0.717) is 0 Å². The Morgan fingerprint density at radius 2 is 2.00 bits per heavy atom. The molecule has 108 valence electrons. The highest BCUT2D eigenvalue weighted by atomic mass is 16.1. The fourth-order valence-corrected chi connectivity index (χ4v) is 2.91. The van der Waals surface area contributed by atoms with E-state index in [1.54, 1.807) is 0 Å². The molecule has 0 spiro atoms. The van der Waals surface area contributed by atoms with E-state index in [1.807, 2.05) is 18.2 Å². The molecule has 1 unspecified atom stereocenters. The van der Waals surface area contributed by atoms with Gasteiger partial charge < -0.3 is 20.6 Å². The Balaban J connectivity index is 1.71. The maximum atomic E-state index is 11.3. The molecule has 1 aromatic carbocycles. The van der Waals surface area contributed by atoms with Crippen LogP contribution in [0.3, 0.4) is 0 Å². The lowest BCUT2D eigenvalue weighted by Crippen LogP contribution is -2.38. The lowest BCUT2D eigenvalue weighted by atomic mass is 9.98. The molecule has 20 heavy (non-hydrogen) atoms. The van der Waals surface area contributed by atoms with Crippen LogP contribution in [-0.2, 0) is 0 Å². The molecule has 0 bridgehead atoms. The van der Waals surface area contributed by atoms with Gasteiger partial charge in [0.25, 0.3) is 0 Å². The first-order chi connectivity index (χ1) is 9.61. The van der Waals surface area contributed by atoms with Crippen LogP contribution in [0, 0.1) is 5.92 Å². The number of aromatic amines is 2. The van der Waals surface area contributed by atoms with Crippen LogP contribution < -0.4 is 11.4 Å². The fourth-order valence-electron chi connectivity index (χ4n) is 2.91. The molecule has 1 aromatic heterocycles. The number of rotatable bonds is 3. The zero-order chi connectivity index (χ0) is 14.1. The molecule has 1 saturated heterocycles. The third kappa shape index (κ3) is 2.78. The highest BCUT2D eigenvalue weighted by molar-refractivity contribution is 5.75. The third-order valence-electron chi connectivity index (χ3n) is 4.30. The van der Waals surface area contributed by atoms with E-state index in [4.69, 9.17) is 5.73 Å². The summed E-state index contributed by atoms with van der Waals surface area (Å²) in [5.74, 6) is 0.837. The molecule has 2 aromatic rings. The number of likely N-dealkylation sites (tertiary alicyclic amines) is 1. The Hall–Kier alpha value is -1.59. The Morgan fingerprint density at radius 1 is 1.30 bits per heavy atom. The molecule has 1 atom stereocenters. The zero-order valence-corrected chi connectivity index (χ0v) is 11.9. The molecule has 1 aliphatic heterocycles. The number of hydrogen-bond donors (Lipinski definition) is 3. The van der Waals surface area contributed by atoms with Crippen molar-refractivity contribution in [3.8, 4) is 0 Å². The minimum absolute atomic E-state index is 0.00814. The van der Waals surface area contributed by atoms with Crippen molar-refractivity contribution in [2.75, 3.05) is 19.6 Å². The standard InChI is InChI=1S/C15H22N4O/c1-10-4-6-19(7-5-10)9-12(16)11-2-3-13-14(8-11)18-15(20)17-13/h2-3,8,10,12H,4-7,9,16H2,1H3,(H2,17,18,20). The molecule has 3 rings (SSSR count). The van der Waals surface area contributed by atoms with Crippen molar-refractivity contribution < 1.29 is 0 Å². The van der Waals surface area contributed by atoms with Crippen LogP contribution in [0.1, 0.15) is 31.4 Å². The van der Waals surface area contributed by atoms with E-state index in [1.165, 1.54) is 12.8 Å². The van der Waals surface area contributed by atoms with Crippen LogP contribution >= 0.6 is 0 Å². The monoisotopic (exact) mass is 274 g/mol. The second-order valence-corrected chi connectivity index (χ2v) is 5.97. The topological polar surface area (TPSA) is 77.9 Å². The summed E-state index contributed by atoms with van der Waals surface area (Å²) >= 11 is 0. The molecule has 0 amide bonds. The van der Waals surface area contributed by atoms with E-state index in [9.17, 15) is 4.79 Å². The van der Waals surface area contributed by atoms with Crippen molar-refractivity contribution in [1.29, 1.82) is 0 Å². The number of H-pyrrole nitrogens is 2. The van der Waals surface area contributed by atoms with Gasteiger partial charge in [-0.25, -0.2) is 4.79 Å². The van der Waals surface area contributed by atoms with Gasteiger partial charge in [-0.2, -0.15) is 0 Å². The SMILES string of the molecule is CC1CCN(CC(N)c2ccc3[nH]c(=O)[nH]c3c2)CC1. The second-order valence-electron chi connectivity index (χ2n) is 5.97. The van der Waals surface area contributed by atoms with Gasteiger partial charge in [-0.05, 0) is 49.5 Å². The fraction of sp³-hybridized carbons (Fsp3) is 0.533. The zero-order valence-electron chi connectivity index (χ0n) is 11.9. The predicted octanol–water partition coefficient (Wildman–Crippen LogP) is 1.59. The molecule has 5 nitrogen and oxygen atoms in total. The summed E-state index contributed by atoms with van der Waals surface area (Å²) in [6.45, 7) is 5.47. The van der Waals surface area contributed by atoms with E-state index in [0.717, 1.165) is 42.1 Å². The second kappa shape index (κ2) is 5.42. The summed E-state index contributed by atoms with van der Waals surface area (Å²) in [7, 11) is 0. The maximum Gasteiger partial charge on any atom is 0.323 e. The first-order valence-corrected chi connectivity index (χ1v) is 7.31. The van der Waals surface area contributed by atoms with Crippen molar-refractivity contribution in [3.63, 3.8) is 0 Å². The highest BCUT2D eigenvalue weighted by Crippen LogP contribution is 2.20. The number of nitrogens with two attached hydrogens (primary N) is 1. The Morgan fingerprint density at radius 3 is 2.75 bits per heavy atom. The lowest BCUT2D eigenvalue weighted by molar-refractivity contribution is 0.183. The Kier molecular flexibility index (Phi) is 3.63. The molecule has 1 fully saturated rings. The molecule has 0 saturated carbocycles. The number of piperidine rings is 1. The highest BCUT2D eigenvalue weighted by Gasteiger charge is 2.18. The van der Waals surface area contributed by atoms with Gasteiger partial charge in [-0.3, -0.25) is 0 Å². The first-order valence-electron chi connectivity index (χ1n) is 7.31. The molecule has 2 heterocycles. The number of aromatic nitrogens is 2. The largest absolute Gasteiger partial charge is 0.323 e.